The fourth-order valence-corrected chi connectivity index (χ4v) is 10.7. The molecule has 0 bridgehead atoms. The molecule has 0 spiro atoms. The fourth-order valence-electron chi connectivity index (χ4n) is 8.30. The number of anilines is 3. The van der Waals surface area contributed by atoms with Crippen LogP contribution in [-0.4, -0.2) is 0 Å². The van der Waals surface area contributed by atoms with Gasteiger partial charge >= 0.3 is 0 Å². The van der Waals surface area contributed by atoms with Crippen molar-refractivity contribution in [1.82, 2.24) is 0 Å². The molecule has 3 heteroatoms. The van der Waals surface area contributed by atoms with Crippen molar-refractivity contribution in [2.75, 3.05) is 4.90 Å². The molecule has 0 saturated carbocycles. The average molecular weight is 736 g/mol. The molecule has 11 aromatic rings. The van der Waals surface area contributed by atoms with Gasteiger partial charge in [0.1, 0.15) is 0 Å². The predicted molar refractivity (Wildman–Crippen MR) is 241 cm³/mol. The second-order valence-electron chi connectivity index (χ2n) is 14.1. The molecule has 0 amide bonds. The maximum absolute atomic E-state index is 2.49. The fraction of sp³-hybridized carbons (Fsp3) is 0. The van der Waals surface area contributed by atoms with E-state index in [-0.39, 0.29) is 0 Å². The number of rotatable bonds is 6. The zero-order chi connectivity index (χ0) is 36.3. The van der Waals surface area contributed by atoms with Crippen LogP contribution in [0.3, 0.4) is 0 Å². The van der Waals surface area contributed by atoms with E-state index in [9.17, 15) is 0 Å². The lowest BCUT2D eigenvalue weighted by Gasteiger charge is -2.29. The van der Waals surface area contributed by atoms with Crippen molar-refractivity contribution in [1.29, 1.82) is 0 Å². The van der Waals surface area contributed by atoms with Gasteiger partial charge in [0.15, 0.2) is 0 Å². The third kappa shape index (κ3) is 5.43. The lowest BCUT2D eigenvalue weighted by molar-refractivity contribution is 1.30. The van der Waals surface area contributed by atoms with Gasteiger partial charge in [-0.1, -0.05) is 152 Å². The molecule has 2 aromatic heterocycles. The Hall–Kier alpha value is -6.52. The van der Waals surface area contributed by atoms with E-state index in [4.69, 9.17) is 0 Å². The first-order valence-electron chi connectivity index (χ1n) is 18.7. The Morgan fingerprint density at radius 2 is 0.891 bits per heavy atom. The van der Waals surface area contributed by atoms with E-state index in [0.717, 1.165) is 17.1 Å². The van der Waals surface area contributed by atoms with E-state index in [2.05, 4.69) is 205 Å². The van der Waals surface area contributed by atoms with Crippen molar-refractivity contribution < 1.29 is 0 Å². The summed E-state index contributed by atoms with van der Waals surface area (Å²) in [6.45, 7) is 0. The van der Waals surface area contributed by atoms with Gasteiger partial charge in [0, 0.05) is 57.1 Å². The third-order valence-corrected chi connectivity index (χ3v) is 13.2. The van der Waals surface area contributed by atoms with Gasteiger partial charge in [-0.2, -0.15) is 0 Å². The highest BCUT2D eigenvalue weighted by molar-refractivity contribution is 7.26. The SMILES string of the molecule is c1ccc(-c2cc(-c3cccc4c3sc3ccccc34)cc(N(c3ccc4c(c3)sc3ccccc34)c3ccc(-c4ccccc4)c4ccccc34)c2)cc1. The average Bonchev–Trinajstić information content (AvgIpc) is 3.83. The summed E-state index contributed by atoms with van der Waals surface area (Å²) < 4.78 is 5.22. The molecule has 0 unspecified atom stereocenters. The Labute approximate surface area is 327 Å². The van der Waals surface area contributed by atoms with Gasteiger partial charge in [0.05, 0.1) is 5.69 Å². The monoisotopic (exact) mass is 735 g/mol. The lowest BCUT2D eigenvalue weighted by atomic mass is 9.94. The Morgan fingerprint density at radius 3 is 1.67 bits per heavy atom. The zero-order valence-corrected chi connectivity index (χ0v) is 31.4. The molecule has 0 aliphatic heterocycles. The largest absolute Gasteiger partial charge is 0.310 e. The first-order chi connectivity index (χ1) is 27.3. The molecule has 2 heterocycles. The van der Waals surface area contributed by atoms with E-state index in [1.807, 2.05) is 22.7 Å². The summed E-state index contributed by atoms with van der Waals surface area (Å²) in [4.78, 5) is 2.49. The van der Waals surface area contributed by atoms with Crippen LogP contribution in [0, 0.1) is 0 Å². The van der Waals surface area contributed by atoms with Gasteiger partial charge in [-0.25, -0.2) is 0 Å². The van der Waals surface area contributed by atoms with Gasteiger partial charge in [-0.05, 0) is 87.3 Å². The minimum Gasteiger partial charge on any atom is -0.310 e. The van der Waals surface area contributed by atoms with Crippen molar-refractivity contribution in [3.05, 3.63) is 200 Å². The molecule has 55 heavy (non-hydrogen) atoms. The summed E-state index contributed by atoms with van der Waals surface area (Å²) in [5.41, 5.74) is 10.7. The molecular weight excluding hydrogens is 703 g/mol. The summed E-state index contributed by atoms with van der Waals surface area (Å²) in [5.74, 6) is 0. The number of fused-ring (bicyclic) bond motifs is 7. The molecule has 9 aromatic carbocycles. The molecule has 0 N–H and O–H groups in total. The molecule has 0 fully saturated rings. The first-order valence-corrected chi connectivity index (χ1v) is 20.3. The summed E-state index contributed by atoms with van der Waals surface area (Å²) in [5, 5.41) is 7.66. The molecule has 258 valence electrons. The number of hydrogen-bond acceptors (Lipinski definition) is 3. The molecule has 0 aliphatic rings. The Bertz CT molecular complexity index is 3210. The topological polar surface area (TPSA) is 3.24 Å². The summed E-state index contributed by atoms with van der Waals surface area (Å²) in [7, 11) is 0. The number of hydrogen-bond donors (Lipinski definition) is 0. The van der Waals surface area contributed by atoms with Gasteiger partial charge < -0.3 is 4.90 Å². The van der Waals surface area contributed by atoms with Crippen molar-refractivity contribution in [2.24, 2.45) is 0 Å². The molecule has 0 atom stereocenters. The smallest absolute Gasteiger partial charge is 0.0540 e. The summed E-state index contributed by atoms with van der Waals surface area (Å²) in [6, 6.07) is 73.5. The van der Waals surface area contributed by atoms with E-state index < -0.39 is 0 Å². The zero-order valence-electron chi connectivity index (χ0n) is 29.8. The molecule has 11 rings (SSSR count). The van der Waals surface area contributed by atoms with Crippen LogP contribution in [0.1, 0.15) is 0 Å². The van der Waals surface area contributed by atoms with Crippen LogP contribution in [0.15, 0.2) is 200 Å². The van der Waals surface area contributed by atoms with Crippen LogP contribution in [0.2, 0.25) is 0 Å². The molecule has 1 nitrogen and oxygen atoms in total. The van der Waals surface area contributed by atoms with Gasteiger partial charge in [0.25, 0.3) is 0 Å². The lowest BCUT2D eigenvalue weighted by Crippen LogP contribution is -2.11. The minimum atomic E-state index is 1.12. The quantitative estimate of drug-likeness (QED) is 0.164. The molecule has 0 aliphatic carbocycles. The summed E-state index contributed by atoms with van der Waals surface area (Å²) in [6.07, 6.45) is 0. The highest BCUT2D eigenvalue weighted by atomic mass is 32.1. The number of thiophene rings is 2. The van der Waals surface area contributed by atoms with Gasteiger partial charge in [-0.15, -0.1) is 22.7 Å². The second-order valence-corrected chi connectivity index (χ2v) is 16.2. The molecule has 0 saturated heterocycles. The van der Waals surface area contributed by atoms with Gasteiger partial charge in [-0.3, -0.25) is 0 Å². The second kappa shape index (κ2) is 13.1. The van der Waals surface area contributed by atoms with E-state index in [1.54, 1.807) is 0 Å². The maximum atomic E-state index is 2.49. The van der Waals surface area contributed by atoms with E-state index in [0.29, 0.717) is 0 Å². The third-order valence-electron chi connectivity index (χ3n) is 10.8. The Morgan fingerprint density at radius 1 is 0.291 bits per heavy atom. The van der Waals surface area contributed by atoms with Gasteiger partial charge in [0.2, 0.25) is 0 Å². The van der Waals surface area contributed by atoms with Crippen LogP contribution < -0.4 is 4.90 Å². The summed E-state index contributed by atoms with van der Waals surface area (Å²) >= 11 is 3.75. The van der Waals surface area contributed by atoms with E-state index >= 15 is 0 Å². The van der Waals surface area contributed by atoms with Crippen LogP contribution in [0.5, 0.6) is 0 Å². The maximum Gasteiger partial charge on any atom is 0.0540 e. The van der Waals surface area contributed by atoms with Crippen molar-refractivity contribution in [3.8, 4) is 33.4 Å². The van der Waals surface area contributed by atoms with E-state index in [1.165, 1.54) is 84.5 Å². The van der Waals surface area contributed by atoms with Crippen LogP contribution in [0.25, 0.3) is 84.5 Å². The van der Waals surface area contributed by atoms with Crippen molar-refractivity contribution in [3.63, 3.8) is 0 Å². The predicted octanol–water partition coefficient (Wildman–Crippen LogP) is 16.0. The van der Waals surface area contributed by atoms with Crippen LogP contribution in [-0.2, 0) is 0 Å². The molecular formula is C52H33NS2. The minimum absolute atomic E-state index is 1.12. The van der Waals surface area contributed by atoms with Crippen LogP contribution in [0.4, 0.5) is 17.1 Å². The molecule has 0 radical (unpaired) electrons. The first kappa shape index (κ1) is 32.0. The van der Waals surface area contributed by atoms with Crippen LogP contribution >= 0.6 is 22.7 Å². The normalized spacial score (nSPS) is 11.6. The highest BCUT2D eigenvalue weighted by Gasteiger charge is 2.21. The van der Waals surface area contributed by atoms with Crippen molar-refractivity contribution in [2.45, 2.75) is 0 Å². The number of benzene rings is 9. The standard InChI is InChI=1S/C52H33NS2/c1-3-14-34(15-4-1)36-30-37(41-22-13-23-47-45-21-10-12-25-50(45)55-52(41)47)32-39(31-36)53(38-26-27-46-44-20-9-11-24-49(44)54-51(46)33-38)48-29-28-40(35-16-5-2-6-17-35)42-18-7-8-19-43(42)48/h1-33H. The number of nitrogens with zero attached hydrogens (tertiary/aromatic N) is 1. The Kier molecular flexibility index (Phi) is 7.61. The van der Waals surface area contributed by atoms with Crippen molar-refractivity contribution >= 4 is 90.9 Å². The Balaban J connectivity index is 1.21. The highest BCUT2D eigenvalue weighted by Crippen LogP contribution is 2.47.